The summed E-state index contributed by atoms with van der Waals surface area (Å²) in [5.74, 6) is 0.0773. The molecule has 0 bridgehead atoms. The van der Waals surface area contributed by atoms with Crippen molar-refractivity contribution < 1.29 is 9.53 Å². The normalized spacial score (nSPS) is 10.8. The van der Waals surface area contributed by atoms with Gasteiger partial charge in [0.05, 0.1) is 29.8 Å². The number of aryl methyl sites for hydroxylation is 1. The highest BCUT2D eigenvalue weighted by Gasteiger charge is 2.15. The van der Waals surface area contributed by atoms with Crippen molar-refractivity contribution in [3.63, 3.8) is 0 Å². The molecular weight excluding hydrogens is 460 g/mol. The number of hydrogen-bond donors (Lipinski definition) is 1. The van der Waals surface area contributed by atoms with E-state index < -0.39 is 0 Å². The second kappa shape index (κ2) is 9.97. The molecule has 0 atom stereocenters. The summed E-state index contributed by atoms with van der Waals surface area (Å²) in [6.07, 6.45) is 0. The van der Waals surface area contributed by atoms with E-state index >= 15 is 0 Å². The SMILES string of the molecule is COc1ccc(Cl)cc1C(=O)NCCn1nc(-c2sc(-c3ccccc3)nc2C)ccc1=O. The van der Waals surface area contributed by atoms with Crippen LogP contribution >= 0.6 is 22.9 Å². The van der Waals surface area contributed by atoms with Crippen LogP contribution in [-0.2, 0) is 6.54 Å². The van der Waals surface area contributed by atoms with Crippen molar-refractivity contribution in [3.8, 4) is 26.9 Å². The van der Waals surface area contributed by atoms with Crippen LogP contribution in [0, 0.1) is 6.92 Å². The summed E-state index contributed by atoms with van der Waals surface area (Å²) in [6, 6.07) is 17.9. The van der Waals surface area contributed by atoms with Crippen LogP contribution < -0.4 is 15.6 Å². The Balaban J connectivity index is 1.50. The number of nitrogens with one attached hydrogen (secondary N) is 1. The van der Waals surface area contributed by atoms with E-state index in [4.69, 9.17) is 16.3 Å². The molecule has 0 radical (unpaired) electrons. The van der Waals surface area contributed by atoms with Gasteiger partial charge in [-0.25, -0.2) is 9.67 Å². The number of hydrogen-bond acceptors (Lipinski definition) is 6. The molecule has 4 rings (SSSR count). The molecule has 0 unspecified atom stereocenters. The molecule has 0 spiro atoms. The van der Waals surface area contributed by atoms with Crippen LogP contribution in [0.3, 0.4) is 0 Å². The standard InChI is InChI=1S/C24H21ClN4O3S/c1-15-22(33-24(27-15)16-6-4-3-5-7-16)19-9-11-21(30)29(28-19)13-12-26-23(31)18-14-17(25)8-10-20(18)32-2/h3-11,14H,12-13H2,1-2H3,(H,26,31). The predicted octanol–water partition coefficient (Wildman–Crippen LogP) is 4.43. The largest absolute Gasteiger partial charge is 0.496 e. The Morgan fingerprint density at radius 2 is 1.94 bits per heavy atom. The molecule has 0 aliphatic rings. The molecule has 0 fully saturated rings. The number of carbonyl (C=O) groups is 1. The van der Waals surface area contributed by atoms with Crippen LogP contribution in [0.4, 0.5) is 0 Å². The van der Waals surface area contributed by atoms with Gasteiger partial charge in [0, 0.05) is 23.2 Å². The van der Waals surface area contributed by atoms with E-state index in [1.54, 1.807) is 18.2 Å². The first-order valence-corrected chi connectivity index (χ1v) is 11.4. The van der Waals surface area contributed by atoms with Crippen LogP contribution in [0.2, 0.25) is 5.02 Å². The van der Waals surface area contributed by atoms with Crippen molar-refractivity contribution >= 4 is 28.8 Å². The van der Waals surface area contributed by atoms with Gasteiger partial charge in [-0.2, -0.15) is 5.10 Å². The van der Waals surface area contributed by atoms with Crippen LogP contribution in [-0.4, -0.2) is 34.3 Å². The van der Waals surface area contributed by atoms with Crippen molar-refractivity contribution in [2.75, 3.05) is 13.7 Å². The fourth-order valence-corrected chi connectivity index (χ4v) is 4.51. The summed E-state index contributed by atoms with van der Waals surface area (Å²) in [5.41, 5.74) is 2.61. The molecule has 0 aliphatic carbocycles. The summed E-state index contributed by atoms with van der Waals surface area (Å²) >= 11 is 7.53. The maximum atomic E-state index is 12.6. The van der Waals surface area contributed by atoms with Crippen LogP contribution in [0.5, 0.6) is 5.75 Å². The van der Waals surface area contributed by atoms with Crippen molar-refractivity contribution in [1.82, 2.24) is 20.1 Å². The Bertz CT molecular complexity index is 1350. The van der Waals surface area contributed by atoms with E-state index in [0.29, 0.717) is 22.0 Å². The number of aromatic nitrogens is 3. The second-order valence-corrected chi connectivity index (χ2v) is 8.62. The minimum absolute atomic E-state index is 0.210. The zero-order valence-corrected chi connectivity index (χ0v) is 19.6. The van der Waals surface area contributed by atoms with Crippen LogP contribution in [0.15, 0.2) is 65.5 Å². The molecule has 2 heterocycles. The Morgan fingerprint density at radius 3 is 2.70 bits per heavy atom. The number of ether oxygens (including phenoxy) is 1. The molecule has 9 heteroatoms. The quantitative estimate of drug-likeness (QED) is 0.422. The van der Waals surface area contributed by atoms with Gasteiger partial charge in [0.1, 0.15) is 16.5 Å². The number of thiazole rings is 1. The number of carbonyl (C=O) groups excluding carboxylic acids is 1. The molecular formula is C24H21ClN4O3S. The molecule has 4 aromatic rings. The Morgan fingerprint density at radius 1 is 1.15 bits per heavy atom. The van der Waals surface area contributed by atoms with Crippen molar-refractivity contribution in [2.45, 2.75) is 13.5 Å². The van der Waals surface area contributed by atoms with Crippen LogP contribution in [0.25, 0.3) is 21.1 Å². The lowest BCUT2D eigenvalue weighted by Crippen LogP contribution is -2.32. The van der Waals surface area contributed by atoms with Gasteiger partial charge < -0.3 is 10.1 Å². The summed E-state index contributed by atoms with van der Waals surface area (Å²) in [6.45, 7) is 2.35. The van der Waals surface area contributed by atoms with Gasteiger partial charge in [-0.15, -0.1) is 11.3 Å². The number of nitrogens with zero attached hydrogens (tertiary/aromatic N) is 3. The minimum Gasteiger partial charge on any atom is -0.496 e. The molecule has 0 saturated heterocycles. The fourth-order valence-electron chi connectivity index (χ4n) is 3.30. The molecule has 0 aliphatic heterocycles. The maximum absolute atomic E-state index is 12.6. The second-order valence-electron chi connectivity index (χ2n) is 7.18. The van der Waals surface area contributed by atoms with E-state index in [2.05, 4.69) is 15.4 Å². The number of amides is 1. The Kier molecular flexibility index (Phi) is 6.86. The van der Waals surface area contributed by atoms with E-state index in [-0.39, 0.29) is 24.6 Å². The molecule has 33 heavy (non-hydrogen) atoms. The van der Waals surface area contributed by atoms with Crippen molar-refractivity contribution in [1.29, 1.82) is 0 Å². The molecule has 1 amide bonds. The zero-order valence-electron chi connectivity index (χ0n) is 18.0. The summed E-state index contributed by atoms with van der Waals surface area (Å²) in [4.78, 5) is 30.5. The molecule has 0 saturated carbocycles. The number of methoxy groups -OCH3 is 1. The summed E-state index contributed by atoms with van der Waals surface area (Å²) < 4.78 is 6.56. The van der Waals surface area contributed by atoms with Gasteiger partial charge in [0.15, 0.2) is 0 Å². The fraction of sp³-hybridized carbons (Fsp3) is 0.167. The van der Waals surface area contributed by atoms with Gasteiger partial charge in [-0.05, 0) is 31.2 Å². The third-order valence-electron chi connectivity index (χ3n) is 4.93. The Labute approximate surface area is 199 Å². The molecule has 7 nitrogen and oxygen atoms in total. The third kappa shape index (κ3) is 5.13. The molecule has 168 valence electrons. The van der Waals surface area contributed by atoms with Gasteiger partial charge in [-0.3, -0.25) is 9.59 Å². The zero-order chi connectivity index (χ0) is 23.4. The van der Waals surface area contributed by atoms with Crippen LogP contribution in [0.1, 0.15) is 16.1 Å². The average molecular weight is 481 g/mol. The highest BCUT2D eigenvalue weighted by atomic mass is 35.5. The first kappa shape index (κ1) is 22.7. The third-order valence-corrected chi connectivity index (χ3v) is 6.40. The molecule has 2 aromatic heterocycles. The Hall–Kier alpha value is -3.49. The number of rotatable bonds is 7. The first-order chi connectivity index (χ1) is 16.0. The van der Waals surface area contributed by atoms with Gasteiger partial charge in [0.2, 0.25) is 0 Å². The van der Waals surface area contributed by atoms with Gasteiger partial charge >= 0.3 is 0 Å². The van der Waals surface area contributed by atoms with E-state index in [1.165, 1.54) is 35.3 Å². The molecule has 2 aromatic carbocycles. The monoisotopic (exact) mass is 480 g/mol. The average Bonchev–Trinajstić information content (AvgIpc) is 3.22. The van der Waals surface area contributed by atoms with E-state index in [9.17, 15) is 9.59 Å². The highest BCUT2D eigenvalue weighted by Crippen LogP contribution is 2.33. The lowest BCUT2D eigenvalue weighted by molar-refractivity contribution is 0.0948. The lowest BCUT2D eigenvalue weighted by atomic mass is 10.2. The summed E-state index contributed by atoms with van der Waals surface area (Å²) in [7, 11) is 1.49. The smallest absolute Gasteiger partial charge is 0.266 e. The summed E-state index contributed by atoms with van der Waals surface area (Å²) in [5, 5.41) is 8.62. The highest BCUT2D eigenvalue weighted by molar-refractivity contribution is 7.18. The van der Waals surface area contributed by atoms with E-state index in [1.807, 2.05) is 37.3 Å². The van der Waals surface area contributed by atoms with E-state index in [0.717, 1.165) is 21.1 Å². The predicted molar refractivity (Wildman–Crippen MR) is 130 cm³/mol. The number of halogens is 1. The molecule has 1 N–H and O–H groups in total. The topological polar surface area (TPSA) is 86.1 Å². The maximum Gasteiger partial charge on any atom is 0.266 e. The van der Waals surface area contributed by atoms with Crippen molar-refractivity contribution in [2.24, 2.45) is 0 Å². The lowest BCUT2D eigenvalue weighted by Gasteiger charge is -2.11. The minimum atomic E-state index is -0.343. The van der Waals surface area contributed by atoms with Gasteiger partial charge in [-0.1, -0.05) is 41.9 Å². The van der Waals surface area contributed by atoms with Crippen molar-refractivity contribution in [3.05, 3.63) is 87.3 Å². The van der Waals surface area contributed by atoms with Gasteiger partial charge in [0.25, 0.3) is 11.5 Å². The number of benzene rings is 2. The first-order valence-electron chi connectivity index (χ1n) is 10.2.